The molecule has 0 saturated heterocycles. The van der Waals surface area contributed by atoms with E-state index in [9.17, 15) is 9.59 Å². The molecule has 0 N–H and O–H groups in total. The first-order chi connectivity index (χ1) is 11.7. The van der Waals surface area contributed by atoms with Gasteiger partial charge in [-0.3, -0.25) is 9.59 Å². The third kappa shape index (κ3) is 2.22. The molecule has 0 bridgehead atoms. The maximum absolute atomic E-state index is 12.9. The second-order valence-corrected chi connectivity index (χ2v) is 6.18. The first-order valence-corrected chi connectivity index (χ1v) is 8.15. The van der Waals surface area contributed by atoms with Gasteiger partial charge >= 0.3 is 0 Å². The summed E-state index contributed by atoms with van der Waals surface area (Å²) in [5.74, 6) is -0.271. The summed E-state index contributed by atoms with van der Waals surface area (Å²) in [7, 11) is 1.70. The smallest absolute Gasteiger partial charge is 0.263 e. The van der Waals surface area contributed by atoms with E-state index in [-0.39, 0.29) is 16.9 Å². The van der Waals surface area contributed by atoms with Crippen molar-refractivity contribution in [3.05, 3.63) is 76.1 Å². The number of rotatable bonds is 2. The Morgan fingerprint density at radius 3 is 2.67 bits per heavy atom. The van der Waals surface area contributed by atoms with Crippen LogP contribution in [0.15, 0.2) is 59.5 Å². The largest absolute Gasteiger partial charge is 0.346 e. The lowest BCUT2D eigenvalue weighted by atomic mass is 9.99. The molecule has 3 aromatic rings. The second kappa shape index (κ2) is 5.64. The number of amides is 1. The van der Waals surface area contributed by atoms with Crippen LogP contribution in [0.3, 0.4) is 0 Å². The Morgan fingerprint density at radius 2 is 1.88 bits per heavy atom. The van der Waals surface area contributed by atoms with Crippen molar-refractivity contribution >= 4 is 22.5 Å². The van der Waals surface area contributed by atoms with Gasteiger partial charge in [-0.1, -0.05) is 30.3 Å². The fraction of sp³-hybridized carbons (Fsp3) is 0.200. The number of nitrogens with zero attached hydrogens (tertiary/aromatic N) is 2. The summed E-state index contributed by atoms with van der Waals surface area (Å²) < 4.78 is 2.06. The molecule has 1 aromatic heterocycles. The van der Waals surface area contributed by atoms with Crippen LogP contribution in [0.2, 0.25) is 0 Å². The van der Waals surface area contributed by atoms with Crippen molar-refractivity contribution in [3.8, 4) is 0 Å². The van der Waals surface area contributed by atoms with Crippen LogP contribution in [0.1, 0.15) is 22.3 Å². The molecule has 0 aliphatic carbocycles. The molecular weight excluding hydrogens is 300 g/mol. The van der Waals surface area contributed by atoms with Crippen molar-refractivity contribution in [1.82, 2.24) is 4.57 Å². The molecule has 2 aromatic carbocycles. The van der Waals surface area contributed by atoms with E-state index in [2.05, 4.69) is 10.6 Å². The first-order valence-electron chi connectivity index (χ1n) is 8.15. The molecule has 4 nitrogen and oxygen atoms in total. The normalized spacial score (nSPS) is 13.0. The Balaban J connectivity index is 1.88. The molecule has 4 rings (SSSR count). The summed E-state index contributed by atoms with van der Waals surface area (Å²) in [6, 6.07) is 15.2. The van der Waals surface area contributed by atoms with Gasteiger partial charge in [-0.05, 0) is 36.6 Å². The van der Waals surface area contributed by atoms with Crippen LogP contribution in [-0.4, -0.2) is 17.5 Å². The number of carbonyl (C=O) groups excluding carboxylic acids is 1. The highest BCUT2D eigenvalue weighted by Crippen LogP contribution is 2.24. The fourth-order valence-corrected chi connectivity index (χ4v) is 3.46. The van der Waals surface area contributed by atoms with E-state index in [0.717, 1.165) is 30.6 Å². The maximum Gasteiger partial charge on any atom is 0.263 e. The van der Waals surface area contributed by atoms with E-state index in [0.29, 0.717) is 5.39 Å². The number of benzene rings is 2. The van der Waals surface area contributed by atoms with E-state index in [1.165, 1.54) is 10.5 Å². The van der Waals surface area contributed by atoms with Gasteiger partial charge in [0.25, 0.3) is 5.91 Å². The number of hydrogen-bond donors (Lipinski definition) is 0. The average Bonchev–Trinajstić information content (AvgIpc) is 2.64. The molecule has 4 heteroatoms. The van der Waals surface area contributed by atoms with Gasteiger partial charge < -0.3 is 9.47 Å². The molecular formula is C20H18N2O2. The van der Waals surface area contributed by atoms with Gasteiger partial charge in [-0.25, -0.2) is 0 Å². The molecule has 0 saturated carbocycles. The Morgan fingerprint density at radius 1 is 1.08 bits per heavy atom. The minimum atomic E-state index is -0.271. The summed E-state index contributed by atoms with van der Waals surface area (Å²) in [5, 5.41) is 0.638. The molecule has 1 aliphatic rings. The van der Waals surface area contributed by atoms with Gasteiger partial charge in [0.15, 0.2) is 0 Å². The zero-order valence-electron chi connectivity index (χ0n) is 13.5. The van der Waals surface area contributed by atoms with Crippen LogP contribution in [-0.2, 0) is 13.0 Å². The predicted octanol–water partition coefficient (Wildman–Crippen LogP) is 3.22. The zero-order chi connectivity index (χ0) is 16.7. The first kappa shape index (κ1) is 14.7. The van der Waals surface area contributed by atoms with Gasteiger partial charge in [-0.15, -0.1) is 0 Å². The summed E-state index contributed by atoms with van der Waals surface area (Å²) in [4.78, 5) is 27.3. The van der Waals surface area contributed by atoms with Gasteiger partial charge in [0, 0.05) is 30.9 Å². The van der Waals surface area contributed by atoms with Crippen LogP contribution >= 0.6 is 0 Å². The Labute approximate surface area is 140 Å². The van der Waals surface area contributed by atoms with Crippen LogP contribution in [0.5, 0.6) is 0 Å². The van der Waals surface area contributed by atoms with Gasteiger partial charge in [0.05, 0.1) is 5.52 Å². The zero-order valence-corrected chi connectivity index (χ0v) is 13.5. The van der Waals surface area contributed by atoms with Gasteiger partial charge in [-0.2, -0.15) is 0 Å². The summed E-state index contributed by atoms with van der Waals surface area (Å²) in [5.41, 5.74) is 2.99. The lowest BCUT2D eigenvalue weighted by Crippen LogP contribution is -2.32. The minimum Gasteiger partial charge on any atom is -0.346 e. The minimum absolute atomic E-state index is 0.183. The number of pyridine rings is 1. The lowest BCUT2D eigenvalue weighted by molar-refractivity contribution is 0.0991. The molecule has 2 heterocycles. The molecule has 0 fully saturated rings. The molecule has 120 valence electrons. The number of carbonyl (C=O) groups is 1. The van der Waals surface area contributed by atoms with E-state index >= 15 is 0 Å². The number of aromatic nitrogens is 1. The number of anilines is 1. The predicted molar refractivity (Wildman–Crippen MR) is 95.7 cm³/mol. The molecule has 1 amide bonds. The summed E-state index contributed by atoms with van der Waals surface area (Å²) >= 11 is 0. The van der Waals surface area contributed by atoms with Crippen molar-refractivity contribution in [2.75, 3.05) is 11.9 Å². The lowest BCUT2D eigenvalue weighted by Gasteiger charge is -2.22. The van der Waals surface area contributed by atoms with Crippen LogP contribution in [0.25, 0.3) is 10.9 Å². The molecule has 0 spiro atoms. The van der Waals surface area contributed by atoms with Crippen molar-refractivity contribution in [3.63, 3.8) is 0 Å². The van der Waals surface area contributed by atoms with E-state index in [1.54, 1.807) is 13.2 Å². The summed E-state index contributed by atoms with van der Waals surface area (Å²) in [6.07, 6.45) is 3.74. The Kier molecular flexibility index (Phi) is 3.45. The fourth-order valence-electron chi connectivity index (χ4n) is 3.46. The number of hydrogen-bond acceptors (Lipinski definition) is 2. The highest BCUT2D eigenvalue weighted by Gasteiger charge is 2.22. The number of aryl methyl sites for hydroxylation is 2. The van der Waals surface area contributed by atoms with Crippen molar-refractivity contribution in [1.29, 1.82) is 0 Å². The van der Waals surface area contributed by atoms with Crippen LogP contribution in [0.4, 0.5) is 5.69 Å². The standard InChI is InChI=1S/C20H18N2O2/c1-21(15-9-3-2-4-10-15)20(24)17-13-22-12-6-8-14-7-5-11-16(18(14)22)19(17)23/h2-5,7,9-11,13H,6,8,12H2,1H3. The second-order valence-electron chi connectivity index (χ2n) is 6.18. The molecule has 1 aliphatic heterocycles. The van der Waals surface area contributed by atoms with Gasteiger partial charge in [0.1, 0.15) is 5.56 Å². The molecule has 0 unspecified atom stereocenters. The maximum atomic E-state index is 12.9. The average molecular weight is 318 g/mol. The topological polar surface area (TPSA) is 42.3 Å². The van der Waals surface area contributed by atoms with E-state index in [4.69, 9.17) is 0 Å². The Hall–Kier alpha value is -2.88. The van der Waals surface area contributed by atoms with Gasteiger partial charge in [0.2, 0.25) is 5.43 Å². The monoisotopic (exact) mass is 318 g/mol. The third-order valence-corrected chi connectivity index (χ3v) is 4.70. The molecule has 24 heavy (non-hydrogen) atoms. The van der Waals surface area contributed by atoms with Crippen LogP contribution in [0, 0.1) is 0 Å². The Bertz CT molecular complexity index is 990. The SMILES string of the molecule is CN(C(=O)c1cn2c3c(cccc3c1=O)CCC2)c1ccccc1. The third-order valence-electron chi connectivity index (χ3n) is 4.70. The summed E-state index contributed by atoms with van der Waals surface area (Å²) in [6.45, 7) is 0.836. The van der Waals surface area contributed by atoms with Crippen molar-refractivity contribution < 1.29 is 4.79 Å². The van der Waals surface area contributed by atoms with Crippen LogP contribution < -0.4 is 10.3 Å². The highest BCUT2D eigenvalue weighted by atomic mass is 16.2. The highest BCUT2D eigenvalue weighted by molar-refractivity contribution is 6.07. The van der Waals surface area contributed by atoms with E-state index in [1.807, 2.05) is 42.5 Å². The van der Waals surface area contributed by atoms with Crippen molar-refractivity contribution in [2.45, 2.75) is 19.4 Å². The van der Waals surface area contributed by atoms with E-state index < -0.39 is 0 Å². The number of para-hydroxylation sites is 2. The van der Waals surface area contributed by atoms with Crippen molar-refractivity contribution in [2.24, 2.45) is 0 Å². The molecule has 0 atom stereocenters. The molecule has 0 radical (unpaired) electrons. The quantitative estimate of drug-likeness (QED) is 0.728.